The second kappa shape index (κ2) is 7.28. The standard InChI is InChI=1S/C15H15ClN6OS.H2S/c16-12-10(1-3-18-13(12)17)24-11-7-20-15(21-5-2-9(23)8-21)22-6-4-19-14(11)22;/h1,3-4,6-7,9,23H,2,5,8H2,(H2,17,18);1H2/t9-;/m0./s1. The molecule has 0 radical (unpaired) electrons. The van der Waals surface area contributed by atoms with Gasteiger partial charge in [-0.2, -0.15) is 13.5 Å². The summed E-state index contributed by atoms with van der Waals surface area (Å²) in [7, 11) is 0. The Bertz CT molecular complexity index is 905. The fraction of sp³-hybridized carbons (Fsp3) is 0.267. The Morgan fingerprint density at radius 2 is 2.08 bits per heavy atom. The summed E-state index contributed by atoms with van der Waals surface area (Å²) in [6.07, 6.45) is 7.45. The van der Waals surface area contributed by atoms with Gasteiger partial charge in [-0.3, -0.25) is 4.40 Å². The van der Waals surface area contributed by atoms with E-state index in [2.05, 4.69) is 19.9 Å². The van der Waals surface area contributed by atoms with Crippen molar-refractivity contribution in [3.63, 3.8) is 0 Å². The maximum Gasteiger partial charge on any atom is 0.211 e. The molecule has 4 rings (SSSR count). The molecule has 7 nitrogen and oxygen atoms in total. The minimum atomic E-state index is -0.307. The molecule has 0 saturated carbocycles. The van der Waals surface area contributed by atoms with Gasteiger partial charge in [-0.05, 0) is 12.5 Å². The molecule has 1 aliphatic heterocycles. The quantitative estimate of drug-likeness (QED) is 0.700. The predicted octanol–water partition coefficient (Wildman–Crippen LogP) is 2.19. The predicted molar refractivity (Wildman–Crippen MR) is 104 cm³/mol. The summed E-state index contributed by atoms with van der Waals surface area (Å²) >= 11 is 7.68. The molecule has 10 heteroatoms. The summed E-state index contributed by atoms with van der Waals surface area (Å²) in [5.41, 5.74) is 6.55. The highest BCUT2D eigenvalue weighted by Gasteiger charge is 2.24. The average molecular weight is 397 g/mol. The third-order valence-corrected chi connectivity index (χ3v) is 5.50. The first-order chi connectivity index (χ1) is 11.6. The number of halogens is 1. The minimum absolute atomic E-state index is 0. The molecular weight excluding hydrogens is 380 g/mol. The molecule has 0 aromatic carbocycles. The topological polar surface area (TPSA) is 92.6 Å². The monoisotopic (exact) mass is 396 g/mol. The lowest BCUT2D eigenvalue weighted by molar-refractivity contribution is 0.198. The lowest BCUT2D eigenvalue weighted by atomic mass is 10.3. The molecule has 25 heavy (non-hydrogen) atoms. The molecule has 3 N–H and O–H groups in total. The van der Waals surface area contributed by atoms with Gasteiger partial charge in [0, 0.05) is 42.8 Å². The van der Waals surface area contributed by atoms with E-state index in [1.807, 2.05) is 16.7 Å². The molecule has 3 aromatic rings. The SMILES string of the molecule is Nc1nccc(Sc2cnc(N3CC[C@H](O)C3)n3ccnc23)c1Cl.S. The first-order valence-electron chi connectivity index (χ1n) is 7.46. The van der Waals surface area contributed by atoms with Crippen LogP contribution >= 0.6 is 36.9 Å². The molecule has 4 heterocycles. The minimum Gasteiger partial charge on any atom is -0.391 e. The number of hydrogen-bond acceptors (Lipinski definition) is 7. The number of anilines is 2. The lowest BCUT2D eigenvalue weighted by Crippen LogP contribution is -2.24. The number of fused-ring (bicyclic) bond motifs is 1. The van der Waals surface area contributed by atoms with Gasteiger partial charge in [0.2, 0.25) is 5.95 Å². The summed E-state index contributed by atoms with van der Waals surface area (Å²) in [5.74, 6) is 1.08. The fourth-order valence-electron chi connectivity index (χ4n) is 2.75. The summed E-state index contributed by atoms with van der Waals surface area (Å²) in [4.78, 5) is 16.7. The second-order valence-electron chi connectivity index (χ2n) is 5.54. The highest BCUT2D eigenvalue weighted by Crippen LogP contribution is 2.37. The van der Waals surface area contributed by atoms with Crippen molar-refractivity contribution in [1.29, 1.82) is 0 Å². The Hall–Kier alpha value is -1.68. The van der Waals surface area contributed by atoms with Crippen LogP contribution in [0.2, 0.25) is 5.02 Å². The van der Waals surface area contributed by atoms with E-state index in [1.165, 1.54) is 11.8 Å². The van der Waals surface area contributed by atoms with Crippen LogP contribution in [-0.4, -0.2) is 43.7 Å². The molecule has 1 fully saturated rings. The number of hydrogen-bond donors (Lipinski definition) is 2. The van der Waals surface area contributed by atoms with Crippen LogP contribution in [0.3, 0.4) is 0 Å². The van der Waals surface area contributed by atoms with Crippen molar-refractivity contribution in [3.8, 4) is 0 Å². The van der Waals surface area contributed by atoms with E-state index in [9.17, 15) is 5.11 Å². The molecule has 0 aliphatic carbocycles. The number of nitrogen functional groups attached to an aromatic ring is 1. The number of aromatic nitrogens is 4. The average Bonchev–Trinajstić information content (AvgIpc) is 3.21. The largest absolute Gasteiger partial charge is 0.391 e. The molecule has 0 spiro atoms. The lowest BCUT2D eigenvalue weighted by Gasteiger charge is -2.18. The molecule has 1 atom stereocenters. The summed E-state index contributed by atoms with van der Waals surface area (Å²) in [6, 6.07) is 1.81. The van der Waals surface area contributed by atoms with E-state index in [-0.39, 0.29) is 19.6 Å². The van der Waals surface area contributed by atoms with E-state index >= 15 is 0 Å². The van der Waals surface area contributed by atoms with Gasteiger partial charge < -0.3 is 15.7 Å². The molecule has 132 valence electrons. The second-order valence-corrected chi connectivity index (χ2v) is 7.00. The molecule has 1 aliphatic rings. The van der Waals surface area contributed by atoms with Crippen LogP contribution in [0.15, 0.2) is 40.6 Å². The van der Waals surface area contributed by atoms with Crippen LogP contribution < -0.4 is 10.6 Å². The third kappa shape index (κ3) is 3.37. The highest BCUT2D eigenvalue weighted by atomic mass is 35.5. The van der Waals surface area contributed by atoms with Crippen LogP contribution in [0.5, 0.6) is 0 Å². The van der Waals surface area contributed by atoms with Gasteiger partial charge in [0.05, 0.1) is 16.0 Å². The van der Waals surface area contributed by atoms with E-state index in [0.717, 1.165) is 34.4 Å². The molecule has 1 saturated heterocycles. The van der Waals surface area contributed by atoms with Crippen molar-refractivity contribution in [2.24, 2.45) is 0 Å². The molecule has 0 unspecified atom stereocenters. The fourth-order valence-corrected chi connectivity index (χ4v) is 3.89. The molecular formula is C15H17ClN6OS2. The van der Waals surface area contributed by atoms with E-state index in [4.69, 9.17) is 17.3 Å². The van der Waals surface area contributed by atoms with Gasteiger partial charge >= 0.3 is 0 Å². The maximum absolute atomic E-state index is 9.76. The summed E-state index contributed by atoms with van der Waals surface area (Å²) in [6.45, 7) is 1.36. The van der Waals surface area contributed by atoms with Gasteiger partial charge in [0.1, 0.15) is 5.82 Å². The van der Waals surface area contributed by atoms with E-state index in [0.29, 0.717) is 17.4 Å². The number of nitrogens with zero attached hydrogens (tertiary/aromatic N) is 5. The zero-order valence-electron chi connectivity index (χ0n) is 13.1. The van der Waals surface area contributed by atoms with Crippen LogP contribution in [0.25, 0.3) is 5.65 Å². The van der Waals surface area contributed by atoms with Crippen LogP contribution in [0.1, 0.15) is 6.42 Å². The Balaban J connectivity index is 0.00000182. The van der Waals surface area contributed by atoms with E-state index < -0.39 is 0 Å². The summed E-state index contributed by atoms with van der Waals surface area (Å²) < 4.78 is 1.93. The Kier molecular flexibility index (Phi) is 5.28. The van der Waals surface area contributed by atoms with Gasteiger partial charge in [-0.15, -0.1) is 0 Å². The number of β-amino-alcohol motifs (C(OH)–C–C–N with tert-alkyl or cyclic N) is 1. The van der Waals surface area contributed by atoms with Gasteiger partial charge in [-0.25, -0.2) is 15.0 Å². The van der Waals surface area contributed by atoms with Crippen LogP contribution in [0, 0.1) is 0 Å². The zero-order chi connectivity index (χ0) is 16.7. The number of aliphatic hydroxyl groups excluding tert-OH is 1. The van der Waals surface area contributed by atoms with Crippen LogP contribution in [0.4, 0.5) is 11.8 Å². The first-order valence-corrected chi connectivity index (χ1v) is 8.66. The van der Waals surface area contributed by atoms with Crippen molar-refractivity contribution in [2.45, 2.75) is 22.3 Å². The van der Waals surface area contributed by atoms with Gasteiger partial charge in [0.25, 0.3) is 0 Å². The zero-order valence-corrected chi connectivity index (χ0v) is 15.7. The van der Waals surface area contributed by atoms with Crippen LogP contribution in [-0.2, 0) is 0 Å². The van der Waals surface area contributed by atoms with Gasteiger partial charge in [-0.1, -0.05) is 23.4 Å². The first kappa shape index (κ1) is 18.1. The molecule has 0 bridgehead atoms. The Morgan fingerprint density at radius 1 is 1.24 bits per heavy atom. The normalized spacial score (nSPS) is 17.0. The number of pyridine rings is 1. The number of nitrogens with two attached hydrogens (primary N) is 1. The van der Waals surface area contributed by atoms with E-state index in [1.54, 1.807) is 18.6 Å². The van der Waals surface area contributed by atoms with Crippen molar-refractivity contribution in [1.82, 2.24) is 19.4 Å². The van der Waals surface area contributed by atoms with Gasteiger partial charge in [0.15, 0.2) is 5.65 Å². The van der Waals surface area contributed by atoms with Crippen molar-refractivity contribution < 1.29 is 5.11 Å². The Labute approximate surface area is 160 Å². The third-order valence-electron chi connectivity index (χ3n) is 3.92. The maximum atomic E-state index is 9.76. The van der Waals surface area contributed by atoms with Crippen molar-refractivity contribution in [2.75, 3.05) is 23.7 Å². The van der Waals surface area contributed by atoms with Crippen molar-refractivity contribution in [3.05, 3.63) is 35.9 Å². The summed E-state index contributed by atoms with van der Waals surface area (Å²) in [5, 5.41) is 10.2. The smallest absolute Gasteiger partial charge is 0.211 e. The number of aliphatic hydroxyl groups is 1. The Morgan fingerprint density at radius 3 is 2.84 bits per heavy atom. The molecule has 0 amide bonds. The molecule has 3 aromatic heterocycles. The van der Waals surface area contributed by atoms with Crippen molar-refractivity contribution >= 4 is 54.3 Å². The number of rotatable bonds is 3. The number of imidazole rings is 1. The highest BCUT2D eigenvalue weighted by molar-refractivity contribution is 7.99.